The Labute approximate surface area is 100 Å². The molecule has 0 amide bonds. The second kappa shape index (κ2) is 5.41. The fourth-order valence-electron chi connectivity index (χ4n) is 1.04. The molecule has 88 valence electrons. The molecule has 0 spiro atoms. The van der Waals surface area contributed by atoms with Gasteiger partial charge < -0.3 is 4.74 Å². The molecule has 1 aromatic heterocycles. The van der Waals surface area contributed by atoms with Crippen molar-refractivity contribution in [1.29, 1.82) is 0 Å². The van der Waals surface area contributed by atoms with E-state index in [1.165, 1.54) is 7.11 Å². The number of rotatable bonds is 3. The molecule has 7 heteroatoms. The lowest BCUT2D eigenvalue weighted by Crippen LogP contribution is -2.06. The van der Waals surface area contributed by atoms with Crippen LogP contribution in [-0.2, 0) is 16.0 Å². The summed E-state index contributed by atoms with van der Waals surface area (Å²) < 4.78 is 29.2. The Hall–Kier alpha value is -0.940. The molecule has 1 aromatic rings. The average Bonchev–Trinajstić information content (AvgIpc) is 2.23. The number of pyridine rings is 1. The average molecular weight is 270 g/mol. The van der Waals surface area contributed by atoms with Gasteiger partial charge in [-0.05, 0) is 11.6 Å². The van der Waals surface area contributed by atoms with Gasteiger partial charge in [0.05, 0.1) is 18.6 Å². The molecule has 0 unspecified atom stereocenters. The Balaban J connectivity index is 3.11. The number of alkyl halides is 2. The van der Waals surface area contributed by atoms with Gasteiger partial charge in [0.2, 0.25) is 0 Å². The molecule has 1 rings (SSSR count). The summed E-state index contributed by atoms with van der Waals surface area (Å²) in [6, 6.07) is 1.04. The Kier molecular flexibility index (Phi) is 4.44. The number of methoxy groups -OCH3 is 1. The van der Waals surface area contributed by atoms with Crippen molar-refractivity contribution in [3.63, 3.8) is 0 Å². The van der Waals surface area contributed by atoms with Gasteiger partial charge in [0.25, 0.3) is 6.43 Å². The van der Waals surface area contributed by atoms with Crippen LogP contribution in [-0.4, -0.2) is 18.1 Å². The van der Waals surface area contributed by atoms with Crippen LogP contribution in [0.25, 0.3) is 0 Å². The van der Waals surface area contributed by atoms with Crippen LogP contribution < -0.4 is 0 Å². The second-order valence-corrected chi connectivity index (χ2v) is 3.60. The van der Waals surface area contributed by atoms with E-state index >= 15 is 0 Å². The van der Waals surface area contributed by atoms with E-state index in [4.69, 9.17) is 23.2 Å². The molecule has 16 heavy (non-hydrogen) atoms. The maximum atomic E-state index is 12.4. The van der Waals surface area contributed by atoms with Gasteiger partial charge in [-0.2, -0.15) is 0 Å². The highest BCUT2D eigenvalue weighted by Gasteiger charge is 2.17. The summed E-state index contributed by atoms with van der Waals surface area (Å²) >= 11 is 11.3. The van der Waals surface area contributed by atoms with Gasteiger partial charge in [0.15, 0.2) is 0 Å². The maximum Gasteiger partial charge on any atom is 0.310 e. The topological polar surface area (TPSA) is 39.2 Å². The molecule has 0 atom stereocenters. The van der Waals surface area contributed by atoms with Crippen molar-refractivity contribution in [1.82, 2.24) is 4.98 Å². The maximum absolute atomic E-state index is 12.4. The van der Waals surface area contributed by atoms with Crippen molar-refractivity contribution in [2.75, 3.05) is 7.11 Å². The highest BCUT2D eigenvalue weighted by Crippen LogP contribution is 2.29. The van der Waals surface area contributed by atoms with Gasteiger partial charge in [-0.15, -0.1) is 0 Å². The number of ether oxygens (including phenoxy) is 1. The van der Waals surface area contributed by atoms with E-state index in [0.717, 1.165) is 6.07 Å². The molecule has 0 bridgehead atoms. The van der Waals surface area contributed by atoms with Gasteiger partial charge in [-0.3, -0.25) is 4.79 Å². The van der Waals surface area contributed by atoms with Crippen molar-refractivity contribution in [3.05, 3.63) is 27.5 Å². The second-order valence-electron chi connectivity index (χ2n) is 2.86. The lowest BCUT2D eigenvalue weighted by atomic mass is 10.1. The fourth-order valence-corrected chi connectivity index (χ4v) is 1.42. The molecule has 0 saturated carbocycles. The van der Waals surface area contributed by atoms with E-state index in [9.17, 15) is 13.6 Å². The van der Waals surface area contributed by atoms with E-state index in [1.54, 1.807) is 0 Å². The highest BCUT2D eigenvalue weighted by atomic mass is 35.5. The minimum absolute atomic E-state index is 0.0172. The van der Waals surface area contributed by atoms with Crippen molar-refractivity contribution >= 4 is 29.2 Å². The summed E-state index contributed by atoms with van der Waals surface area (Å²) in [5, 5.41) is -0.269. The van der Waals surface area contributed by atoms with Crippen molar-refractivity contribution in [2.24, 2.45) is 0 Å². The molecule has 0 N–H and O–H groups in total. The van der Waals surface area contributed by atoms with Crippen LogP contribution in [0.4, 0.5) is 8.78 Å². The number of esters is 1. The Morgan fingerprint density at radius 2 is 2.19 bits per heavy atom. The quantitative estimate of drug-likeness (QED) is 0.626. The third-order valence-electron chi connectivity index (χ3n) is 1.80. The first-order chi connectivity index (χ1) is 7.45. The van der Waals surface area contributed by atoms with Crippen LogP contribution in [0.15, 0.2) is 6.07 Å². The Bertz CT molecular complexity index is 413. The number of carbonyl (C=O) groups is 1. The highest BCUT2D eigenvalue weighted by molar-refractivity contribution is 6.41. The van der Waals surface area contributed by atoms with Crippen LogP contribution in [0.5, 0.6) is 0 Å². The Morgan fingerprint density at radius 3 is 2.69 bits per heavy atom. The summed E-state index contributed by atoms with van der Waals surface area (Å²) in [5.41, 5.74) is -0.350. The number of halogens is 4. The first-order valence-corrected chi connectivity index (χ1v) is 4.91. The number of aromatic nitrogens is 1. The molecular weight excluding hydrogens is 263 g/mol. The molecule has 0 aliphatic heterocycles. The lowest BCUT2D eigenvalue weighted by molar-refractivity contribution is -0.139. The summed E-state index contributed by atoms with van der Waals surface area (Å²) in [6.07, 6.45) is -3.00. The Morgan fingerprint density at radius 1 is 1.56 bits per heavy atom. The minimum atomic E-state index is -2.77. The van der Waals surface area contributed by atoms with E-state index in [1.807, 2.05) is 0 Å². The summed E-state index contributed by atoms with van der Waals surface area (Å²) in [7, 11) is 1.19. The van der Waals surface area contributed by atoms with Gasteiger partial charge in [-0.1, -0.05) is 23.2 Å². The van der Waals surface area contributed by atoms with Crippen molar-refractivity contribution in [3.8, 4) is 0 Å². The predicted molar refractivity (Wildman–Crippen MR) is 54.9 cm³/mol. The fraction of sp³-hybridized carbons (Fsp3) is 0.333. The first-order valence-electron chi connectivity index (χ1n) is 4.15. The van der Waals surface area contributed by atoms with Gasteiger partial charge in [0.1, 0.15) is 10.8 Å². The molecule has 0 saturated heterocycles. The molecule has 1 heterocycles. The minimum Gasteiger partial charge on any atom is -0.469 e. The number of hydrogen-bond donors (Lipinski definition) is 0. The lowest BCUT2D eigenvalue weighted by Gasteiger charge is -2.07. The molecular formula is C9H7Cl2F2NO2. The van der Waals surface area contributed by atoms with E-state index in [-0.39, 0.29) is 22.2 Å². The predicted octanol–water partition coefficient (Wildman–Crippen LogP) is 3.04. The van der Waals surface area contributed by atoms with E-state index < -0.39 is 18.1 Å². The number of nitrogens with zero attached hydrogens (tertiary/aromatic N) is 1. The van der Waals surface area contributed by atoms with E-state index in [2.05, 4.69) is 9.72 Å². The van der Waals surface area contributed by atoms with Crippen molar-refractivity contribution in [2.45, 2.75) is 12.8 Å². The zero-order valence-electron chi connectivity index (χ0n) is 8.14. The molecule has 0 aliphatic carbocycles. The smallest absolute Gasteiger partial charge is 0.310 e. The monoisotopic (exact) mass is 269 g/mol. The third-order valence-corrected chi connectivity index (χ3v) is 2.59. The third kappa shape index (κ3) is 3.02. The standard InChI is InChI=1S/C9H7Cl2F2NO2/c1-16-6(15)3-4-2-5(9(12)13)14-8(11)7(4)10/h2,9H,3H2,1H3. The summed E-state index contributed by atoms with van der Waals surface area (Å²) in [5.74, 6) is -0.593. The summed E-state index contributed by atoms with van der Waals surface area (Å²) in [4.78, 5) is 14.4. The van der Waals surface area contributed by atoms with Gasteiger partial charge in [-0.25, -0.2) is 13.8 Å². The molecule has 0 aromatic carbocycles. The van der Waals surface area contributed by atoms with Gasteiger partial charge >= 0.3 is 5.97 Å². The first kappa shape index (κ1) is 13.1. The van der Waals surface area contributed by atoms with Crippen LogP contribution in [0, 0.1) is 0 Å². The van der Waals surface area contributed by atoms with Crippen molar-refractivity contribution < 1.29 is 18.3 Å². The van der Waals surface area contributed by atoms with E-state index in [0.29, 0.717) is 0 Å². The van der Waals surface area contributed by atoms with Crippen LogP contribution in [0.2, 0.25) is 10.2 Å². The largest absolute Gasteiger partial charge is 0.469 e. The normalized spacial score (nSPS) is 10.6. The number of carbonyl (C=O) groups excluding carboxylic acids is 1. The molecule has 0 aliphatic rings. The van der Waals surface area contributed by atoms with Gasteiger partial charge in [0, 0.05) is 0 Å². The molecule has 3 nitrogen and oxygen atoms in total. The van der Waals surface area contributed by atoms with Crippen LogP contribution >= 0.6 is 23.2 Å². The SMILES string of the molecule is COC(=O)Cc1cc(C(F)F)nc(Cl)c1Cl. The number of hydrogen-bond acceptors (Lipinski definition) is 3. The summed E-state index contributed by atoms with van der Waals surface area (Å²) in [6.45, 7) is 0. The zero-order valence-corrected chi connectivity index (χ0v) is 9.65. The van der Waals surface area contributed by atoms with Crippen LogP contribution in [0.3, 0.4) is 0 Å². The molecule has 0 radical (unpaired) electrons. The zero-order chi connectivity index (χ0) is 12.3. The molecule has 0 fully saturated rings. The van der Waals surface area contributed by atoms with Crippen LogP contribution in [0.1, 0.15) is 17.7 Å².